The van der Waals surface area contributed by atoms with Crippen molar-refractivity contribution in [3.8, 4) is 5.75 Å². The van der Waals surface area contributed by atoms with Crippen molar-refractivity contribution in [2.24, 2.45) is 0 Å². The van der Waals surface area contributed by atoms with Crippen molar-refractivity contribution in [2.45, 2.75) is 13.0 Å². The highest BCUT2D eigenvalue weighted by atomic mass is 35.5. The highest BCUT2D eigenvalue weighted by Gasteiger charge is 2.10. The minimum Gasteiger partial charge on any atom is -0.496 e. The maximum atomic E-state index is 6.02. The molecule has 16 heavy (non-hydrogen) atoms. The molecule has 0 aliphatic heterocycles. The molecule has 0 spiro atoms. The topological polar surface area (TPSA) is 30.5 Å². The predicted octanol–water partition coefficient (Wildman–Crippen LogP) is 2.26. The first-order valence-electron chi connectivity index (χ1n) is 5.21. The molecular weight excluding hydrogens is 226 g/mol. The van der Waals surface area contributed by atoms with Crippen LogP contribution in [0.3, 0.4) is 0 Å². The van der Waals surface area contributed by atoms with Crippen molar-refractivity contribution in [1.82, 2.24) is 5.32 Å². The molecule has 0 bridgehead atoms. The van der Waals surface area contributed by atoms with E-state index in [2.05, 4.69) is 5.32 Å². The summed E-state index contributed by atoms with van der Waals surface area (Å²) in [4.78, 5) is 0. The molecule has 0 aliphatic carbocycles. The van der Waals surface area contributed by atoms with E-state index in [4.69, 9.17) is 21.1 Å². The molecule has 4 heteroatoms. The van der Waals surface area contributed by atoms with Gasteiger partial charge in [0.05, 0.1) is 13.7 Å². The molecule has 0 saturated carbocycles. The summed E-state index contributed by atoms with van der Waals surface area (Å²) < 4.78 is 10.5. The van der Waals surface area contributed by atoms with Crippen molar-refractivity contribution >= 4 is 11.6 Å². The number of benzene rings is 1. The number of rotatable bonds is 6. The molecule has 3 nitrogen and oxygen atoms in total. The van der Waals surface area contributed by atoms with Crippen LogP contribution in [0.5, 0.6) is 5.75 Å². The number of nitrogens with one attached hydrogen (secondary N) is 1. The molecule has 90 valence electrons. The zero-order chi connectivity index (χ0) is 12.0. The zero-order valence-electron chi connectivity index (χ0n) is 9.97. The molecule has 0 aromatic heterocycles. The minimum absolute atomic E-state index is 0.552. The van der Waals surface area contributed by atoms with Crippen LogP contribution in [0.15, 0.2) is 12.1 Å². The molecule has 1 aromatic carbocycles. The van der Waals surface area contributed by atoms with Crippen molar-refractivity contribution in [3.63, 3.8) is 0 Å². The van der Waals surface area contributed by atoms with Crippen LogP contribution >= 0.6 is 11.6 Å². The van der Waals surface area contributed by atoms with E-state index in [9.17, 15) is 0 Å². The van der Waals surface area contributed by atoms with Gasteiger partial charge in [-0.1, -0.05) is 11.6 Å². The molecule has 0 saturated heterocycles. The SMILES string of the molecule is CNCCc1c(COC)cc(Cl)cc1OC. The Morgan fingerprint density at radius 1 is 1.31 bits per heavy atom. The van der Waals surface area contributed by atoms with Gasteiger partial charge >= 0.3 is 0 Å². The van der Waals surface area contributed by atoms with Gasteiger partial charge < -0.3 is 14.8 Å². The largest absolute Gasteiger partial charge is 0.496 e. The van der Waals surface area contributed by atoms with Gasteiger partial charge in [0.2, 0.25) is 0 Å². The van der Waals surface area contributed by atoms with Crippen LogP contribution in [-0.4, -0.2) is 27.8 Å². The maximum Gasteiger partial charge on any atom is 0.123 e. The molecule has 0 aliphatic rings. The highest BCUT2D eigenvalue weighted by molar-refractivity contribution is 6.30. The fraction of sp³-hybridized carbons (Fsp3) is 0.500. The van der Waals surface area contributed by atoms with E-state index in [-0.39, 0.29) is 0 Å². The first-order chi connectivity index (χ1) is 7.72. The van der Waals surface area contributed by atoms with E-state index in [1.165, 1.54) is 0 Å². The normalized spacial score (nSPS) is 10.5. The first-order valence-corrected chi connectivity index (χ1v) is 5.59. The van der Waals surface area contributed by atoms with Crippen LogP contribution in [0.1, 0.15) is 11.1 Å². The third-order valence-corrected chi connectivity index (χ3v) is 2.63. The number of halogens is 1. The van der Waals surface area contributed by atoms with Crippen LogP contribution in [0.2, 0.25) is 5.02 Å². The number of methoxy groups -OCH3 is 2. The summed E-state index contributed by atoms with van der Waals surface area (Å²) in [5, 5.41) is 3.80. The summed E-state index contributed by atoms with van der Waals surface area (Å²) in [7, 11) is 5.26. The predicted molar refractivity (Wildman–Crippen MR) is 66.3 cm³/mol. The van der Waals surface area contributed by atoms with Gasteiger partial charge in [-0.3, -0.25) is 0 Å². The highest BCUT2D eigenvalue weighted by Crippen LogP contribution is 2.28. The van der Waals surface area contributed by atoms with Crippen LogP contribution in [0.25, 0.3) is 0 Å². The van der Waals surface area contributed by atoms with Crippen molar-refractivity contribution < 1.29 is 9.47 Å². The fourth-order valence-corrected chi connectivity index (χ4v) is 1.90. The summed E-state index contributed by atoms with van der Waals surface area (Å²) in [5.41, 5.74) is 2.24. The van der Waals surface area contributed by atoms with E-state index in [0.717, 1.165) is 29.8 Å². The quantitative estimate of drug-likeness (QED) is 0.832. The first kappa shape index (κ1) is 13.3. The van der Waals surface area contributed by atoms with Gasteiger partial charge in [0, 0.05) is 17.7 Å². The Hall–Kier alpha value is -0.770. The lowest BCUT2D eigenvalue weighted by molar-refractivity contribution is 0.183. The van der Waals surface area contributed by atoms with E-state index in [1.807, 2.05) is 19.2 Å². The second-order valence-electron chi connectivity index (χ2n) is 3.53. The summed E-state index contributed by atoms with van der Waals surface area (Å²) in [6.07, 6.45) is 0.898. The summed E-state index contributed by atoms with van der Waals surface area (Å²) in [6.45, 7) is 1.45. The molecule has 0 fully saturated rings. The van der Waals surface area contributed by atoms with Crippen LogP contribution in [-0.2, 0) is 17.8 Å². The Labute approximate surface area is 102 Å². The Kier molecular flexibility index (Phi) is 5.60. The maximum absolute atomic E-state index is 6.02. The molecule has 0 amide bonds. The van der Waals surface area contributed by atoms with E-state index in [1.54, 1.807) is 14.2 Å². The van der Waals surface area contributed by atoms with Crippen molar-refractivity contribution in [1.29, 1.82) is 0 Å². The van der Waals surface area contributed by atoms with Crippen LogP contribution in [0.4, 0.5) is 0 Å². The number of ether oxygens (including phenoxy) is 2. The second-order valence-corrected chi connectivity index (χ2v) is 3.97. The van der Waals surface area contributed by atoms with Crippen molar-refractivity contribution in [3.05, 3.63) is 28.3 Å². The molecule has 0 heterocycles. The molecule has 0 radical (unpaired) electrons. The van der Waals surface area contributed by atoms with Crippen LogP contribution < -0.4 is 10.1 Å². The minimum atomic E-state index is 0.552. The molecular formula is C12H18ClNO2. The van der Waals surface area contributed by atoms with Gasteiger partial charge in [-0.25, -0.2) is 0 Å². The lowest BCUT2D eigenvalue weighted by atomic mass is 10.0. The Morgan fingerprint density at radius 2 is 2.06 bits per heavy atom. The van der Waals surface area contributed by atoms with Gasteiger partial charge in [-0.2, -0.15) is 0 Å². The van der Waals surface area contributed by atoms with Gasteiger partial charge in [-0.15, -0.1) is 0 Å². The average Bonchev–Trinajstić information content (AvgIpc) is 2.27. The van der Waals surface area contributed by atoms with E-state index < -0.39 is 0 Å². The smallest absolute Gasteiger partial charge is 0.123 e. The summed E-state index contributed by atoms with van der Waals surface area (Å²) in [5.74, 6) is 0.829. The van der Waals surface area contributed by atoms with Gasteiger partial charge in [0.25, 0.3) is 0 Å². The lowest BCUT2D eigenvalue weighted by Crippen LogP contribution is -2.12. The molecule has 1 rings (SSSR count). The summed E-state index contributed by atoms with van der Waals surface area (Å²) >= 11 is 6.02. The number of likely N-dealkylation sites (N-methyl/N-ethyl adjacent to an activating group) is 1. The van der Waals surface area contributed by atoms with Gasteiger partial charge in [0.1, 0.15) is 5.75 Å². The average molecular weight is 244 g/mol. The standard InChI is InChI=1S/C12H18ClNO2/c1-14-5-4-11-9(8-15-2)6-10(13)7-12(11)16-3/h6-7,14H,4-5,8H2,1-3H3. The fourth-order valence-electron chi connectivity index (χ4n) is 1.67. The van der Waals surface area contributed by atoms with E-state index >= 15 is 0 Å². The summed E-state index contributed by atoms with van der Waals surface area (Å²) in [6, 6.07) is 3.77. The molecule has 1 N–H and O–H groups in total. The van der Waals surface area contributed by atoms with Crippen molar-refractivity contribution in [2.75, 3.05) is 27.8 Å². The number of hydrogen-bond acceptors (Lipinski definition) is 3. The third kappa shape index (κ3) is 3.37. The lowest BCUT2D eigenvalue weighted by Gasteiger charge is -2.14. The Bertz CT molecular complexity index is 342. The Balaban J connectivity index is 3.05. The van der Waals surface area contributed by atoms with E-state index in [0.29, 0.717) is 11.6 Å². The van der Waals surface area contributed by atoms with Gasteiger partial charge in [-0.05, 0) is 37.7 Å². The monoisotopic (exact) mass is 243 g/mol. The molecule has 1 aromatic rings. The van der Waals surface area contributed by atoms with Gasteiger partial charge in [0.15, 0.2) is 0 Å². The van der Waals surface area contributed by atoms with Crippen LogP contribution in [0, 0.1) is 0 Å². The third-order valence-electron chi connectivity index (χ3n) is 2.41. The Morgan fingerprint density at radius 3 is 2.62 bits per heavy atom. The zero-order valence-corrected chi connectivity index (χ0v) is 10.7. The molecule has 0 unspecified atom stereocenters. The second kappa shape index (κ2) is 6.74. The molecule has 0 atom stereocenters. The number of hydrogen-bond donors (Lipinski definition) is 1.